The summed E-state index contributed by atoms with van der Waals surface area (Å²) in [6.07, 6.45) is 3.25. The van der Waals surface area contributed by atoms with E-state index in [0.717, 1.165) is 12.1 Å². The van der Waals surface area contributed by atoms with E-state index in [1.165, 1.54) is 0 Å². The number of hydrogen-bond donors (Lipinski definition) is 2. The fourth-order valence-electron chi connectivity index (χ4n) is 2.98. The summed E-state index contributed by atoms with van der Waals surface area (Å²) >= 11 is 0. The smallest absolute Gasteiger partial charge is 0.238 e. The average Bonchev–Trinajstić information content (AvgIpc) is 2.69. The van der Waals surface area contributed by atoms with Gasteiger partial charge in [0.1, 0.15) is 6.42 Å². The molecule has 0 saturated carbocycles. The monoisotopic (exact) mass is 373 g/mol. The largest absolute Gasteiger partial charge is 0.357 e. The van der Waals surface area contributed by atoms with E-state index in [-0.39, 0.29) is 18.0 Å². The molecule has 1 amide bonds. The molecule has 6 nitrogen and oxygen atoms in total. The van der Waals surface area contributed by atoms with Crippen LogP contribution < -0.4 is 10.6 Å². The second kappa shape index (κ2) is 8.78. The van der Waals surface area contributed by atoms with Crippen molar-refractivity contribution in [2.45, 2.75) is 25.7 Å². The van der Waals surface area contributed by atoms with Crippen LogP contribution in [-0.4, -0.2) is 17.5 Å². The topological polar surface area (TPSA) is 99.1 Å². The lowest BCUT2D eigenvalue weighted by Gasteiger charge is -2.18. The van der Waals surface area contributed by atoms with Crippen LogP contribution in [0.3, 0.4) is 0 Å². The second-order valence-corrected chi connectivity index (χ2v) is 6.45. The number of amides is 1. The quantitative estimate of drug-likeness (QED) is 0.750. The molecule has 0 bridgehead atoms. The molecule has 0 aromatic heterocycles. The molecule has 2 aromatic carbocycles. The number of hydrogen-bond acceptors (Lipinski definition) is 5. The molecular weight excluding hydrogens is 354 g/mol. The van der Waals surface area contributed by atoms with Gasteiger partial charge in [0.05, 0.1) is 17.4 Å². The van der Waals surface area contributed by atoms with Crippen LogP contribution in [0.5, 0.6) is 0 Å². The molecule has 0 fully saturated rings. The van der Waals surface area contributed by atoms with Crippen LogP contribution >= 0.6 is 0 Å². The minimum atomic E-state index is -0.443. The molecule has 2 N–H and O–H groups in total. The van der Waals surface area contributed by atoms with Crippen molar-refractivity contribution in [2.75, 3.05) is 10.6 Å². The molecule has 0 aliphatic heterocycles. The number of carbonyl (C=O) groups is 3. The molecule has 1 aliphatic rings. The summed E-state index contributed by atoms with van der Waals surface area (Å²) < 4.78 is 0. The van der Waals surface area contributed by atoms with Crippen molar-refractivity contribution in [1.29, 1.82) is 5.26 Å². The number of rotatable bonds is 6. The lowest BCUT2D eigenvalue weighted by molar-refractivity contribution is -0.116. The highest BCUT2D eigenvalue weighted by molar-refractivity contribution is 6.10. The molecule has 28 heavy (non-hydrogen) atoms. The van der Waals surface area contributed by atoms with Gasteiger partial charge in [-0.3, -0.25) is 14.4 Å². The first-order chi connectivity index (χ1) is 13.6. The summed E-state index contributed by atoms with van der Waals surface area (Å²) in [6.45, 7) is 0. The van der Waals surface area contributed by atoms with Gasteiger partial charge in [-0.15, -0.1) is 0 Å². The zero-order chi connectivity index (χ0) is 19.9. The summed E-state index contributed by atoms with van der Waals surface area (Å²) in [5.74, 6) is -0.547. The summed E-state index contributed by atoms with van der Waals surface area (Å²) in [6, 6.07) is 15.6. The Balaban J connectivity index is 1.94. The predicted octanol–water partition coefficient (Wildman–Crippen LogP) is 3.82. The summed E-state index contributed by atoms with van der Waals surface area (Å²) in [5, 5.41) is 14.5. The highest BCUT2D eigenvalue weighted by Gasteiger charge is 2.16. The number of nitrogens with one attached hydrogen (secondary N) is 2. The fourth-order valence-corrected chi connectivity index (χ4v) is 2.98. The molecule has 1 aliphatic carbocycles. The van der Waals surface area contributed by atoms with Crippen molar-refractivity contribution in [3.63, 3.8) is 0 Å². The Hall–Kier alpha value is -3.72. The number of anilines is 2. The number of ketones is 2. The van der Waals surface area contributed by atoms with Crippen LogP contribution in [0.2, 0.25) is 0 Å². The highest BCUT2D eigenvalue weighted by Crippen LogP contribution is 2.28. The van der Waals surface area contributed by atoms with Gasteiger partial charge in [0.2, 0.25) is 5.91 Å². The minimum absolute atomic E-state index is 0.0420. The van der Waals surface area contributed by atoms with Crippen molar-refractivity contribution in [3.05, 3.63) is 71.4 Å². The van der Waals surface area contributed by atoms with Gasteiger partial charge in [0.25, 0.3) is 0 Å². The first kappa shape index (κ1) is 19.1. The molecular formula is C22H19N3O3. The zero-order valence-corrected chi connectivity index (χ0v) is 15.2. The van der Waals surface area contributed by atoms with Crippen LogP contribution in [0.4, 0.5) is 11.4 Å². The third kappa shape index (κ3) is 4.71. The third-order valence-electron chi connectivity index (χ3n) is 4.33. The van der Waals surface area contributed by atoms with E-state index in [1.807, 2.05) is 6.07 Å². The Morgan fingerprint density at radius 2 is 1.79 bits per heavy atom. The first-order valence-electron chi connectivity index (χ1n) is 8.98. The molecule has 0 heterocycles. The van der Waals surface area contributed by atoms with Gasteiger partial charge < -0.3 is 10.6 Å². The van der Waals surface area contributed by atoms with Gasteiger partial charge >= 0.3 is 0 Å². The standard InChI is InChI=1S/C22H19N3O3/c23-12-11-21(27)25-19-10-9-16(22(28)15-5-2-1-3-6-15)13-20(19)24-17-7-4-8-18(26)14-17/h1-3,5-6,9-10,13-14,24H,4,7-8,11H2,(H,25,27). The molecule has 0 radical (unpaired) electrons. The van der Waals surface area contributed by atoms with Crippen LogP contribution in [0, 0.1) is 11.3 Å². The Morgan fingerprint density at radius 1 is 1.00 bits per heavy atom. The van der Waals surface area contributed by atoms with E-state index in [4.69, 9.17) is 5.26 Å². The van der Waals surface area contributed by atoms with Gasteiger partial charge in [0.15, 0.2) is 11.6 Å². The van der Waals surface area contributed by atoms with Crippen LogP contribution in [0.15, 0.2) is 60.3 Å². The van der Waals surface area contributed by atoms with Crippen molar-refractivity contribution >= 4 is 28.8 Å². The van der Waals surface area contributed by atoms with E-state index >= 15 is 0 Å². The highest BCUT2D eigenvalue weighted by atomic mass is 16.1. The number of nitriles is 1. The van der Waals surface area contributed by atoms with E-state index in [0.29, 0.717) is 35.3 Å². The molecule has 3 rings (SSSR count). The number of nitrogens with zero attached hydrogens (tertiary/aromatic N) is 1. The summed E-state index contributed by atoms with van der Waals surface area (Å²) in [7, 11) is 0. The second-order valence-electron chi connectivity index (χ2n) is 6.45. The Kier molecular flexibility index (Phi) is 5.97. The lowest BCUT2D eigenvalue weighted by Crippen LogP contribution is -2.15. The SMILES string of the molecule is N#CCC(=O)Nc1ccc(C(=O)c2ccccc2)cc1NC1=CC(=O)CCC1. The normalized spacial score (nSPS) is 13.2. The van der Waals surface area contributed by atoms with Gasteiger partial charge in [0, 0.05) is 29.3 Å². The maximum Gasteiger partial charge on any atom is 0.238 e. The van der Waals surface area contributed by atoms with Crippen molar-refractivity contribution in [1.82, 2.24) is 0 Å². The van der Waals surface area contributed by atoms with E-state index in [9.17, 15) is 14.4 Å². The summed E-state index contributed by atoms with van der Waals surface area (Å²) in [4.78, 5) is 36.3. The molecule has 0 saturated heterocycles. The lowest BCUT2D eigenvalue weighted by atomic mass is 10.0. The molecule has 2 aromatic rings. The maximum absolute atomic E-state index is 12.8. The molecule has 6 heteroatoms. The molecule has 140 valence electrons. The fraction of sp³-hybridized carbons (Fsp3) is 0.182. The van der Waals surface area contributed by atoms with Gasteiger partial charge in [-0.25, -0.2) is 0 Å². The van der Waals surface area contributed by atoms with Crippen LogP contribution in [0.1, 0.15) is 41.6 Å². The Morgan fingerprint density at radius 3 is 2.50 bits per heavy atom. The van der Waals surface area contributed by atoms with Crippen molar-refractivity contribution in [2.24, 2.45) is 0 Å². The number of benzene rings is 2. The summed E-state index contributed by atoms with van der Waals surface area (Å²) in [5.41, 5.74) is 2.70. The van der Waals surface area contributed by atoms with E-state index in [2.05, 4.69) is 10.6 Å². The molecule has 0 atom stereocenters. The van der Waals surface area contributed by atoms with Crippen molar-refractivity contribution < 1.29 is 14.4 Å². The number of allylic oxidation sites excluding steroid dienone is 2. The molecule has 0 spiro atoms. The number of carbonyl (C=O) groups excluding carboxylic acids is 3. The first-order valence-corrected chi connectivity index (χ1v) is 8.98. The minimum Gasteiger partial charge on any atom is -0.357 e. The predicted molar refractivity (Wildman–Crippen MR) is 106 cm³/mol. The maximum atomic E-state index is 12.8. The molecule has 0 unspecified atom stereocenters. The van der Waals surface area contributed by atoms with Crippen LogP contribution in [-0.2, 0) is 9.59 Å². The average molecular weight is 373 g/mol. The van der Waals surface area contributed by atoms with Gasteiger partial charge in [-0.2, -0.15) is 5.26 Å². The van der Waals surface area contributed by atoms with Crippen LogP contribution in [0.25, 0.3) is 0 Å². The van der Waals surface area contributed by atoms with Crippen molar-refractivity contribution in [3.8, 4) is 6.07 Å². The zero-order valence-electron chi connectivity index (χ0n) is 15.2. The van der Waals surface area contributed by atoms with Gasteiger partial charge in [-0.1, -0.05) is 30.3 Å². The van der Waals surface area contributed by atoms with E-state index < -0.39 is 5.91 Å². The van der Waals surface area contributed by atoms with E-state index in [1.54, 1.807) is 54.6 Å². The Labute approximate surface area is 162 Å². The Bertz CT molecular complexity index is 988. The third-order valence-corrected chi connectivity index (χ3v) is 4.33. The van der Waals surface area contributed by atoms with Gasteiger partial charge in [-0.05, 0) is 31.0 Å².